The number of benzene rings is 2. The van der Waals surface area contributed by atoms with E-state index in [9.17, 15) is 4.79 Å². The summed E-state index contributed by atoms with van der Waals surface area (Å²) in [7, 11) is 1.61. The molecule has 0 N–H and O–H groups in total. The van der Waals surface area contributed by atoms with Crippen LogP contribution in [0.1, 0.15) is 23.8 Å². The van der Waals surface area contributed by atoms with Crippen LogP contribution < -0.4 is 4.74 Å². The quantitative estimate of drug-likeness (QED) is 0.668. The SMILES string of the molecule is COc1cccc(-c2noc(C3CC(=O)N(Cc4ccccc4Cl)C3)n2)c1. The fraction of sp³-hybridized carbons (Fsp3) is 0.250. The fourth-order valence-corrected chi connectivity index (χ4v) is 3.40. The molecule has 0 spiro atoms. The number of ether oxygens (including phenoxy) is 1. The summed E-state index contributed by atoms with van der Waals surface area (Å²) < 4.78 is 10.7. The van der Waals surface area contributed by atoms with Crippen LogP contribution in [0.5, 0.6) is 5.75 Å². The lowest BCUT2D eigenvalue weighted by molar-refractivity contribution is -0.128. The molecule has 0 bridgehead atoms. The molecule has 1 unspecified atom stereocenters. The molecule has 138 valence electrons. The molecule has 0 saturated carbocycles. The second-order valence-corrected chi connectivity index (χ2v) is 6.86. The zero-order valence-electron chi connectivity index (χ0n) is 14.8. The molecule has 1 saturated heterocycles. The predicted molar refractivity (Wildman–Crippen MR) is 101 cm³/mol. The van der Waals surface area contributed by atoms with Crippen LogP contribution in [-0.2, 0) is 11.3 Å². The third kappa shape index (κ3) is 3.66. The highest BCUT2D eigenvalue weighted by Crippen LogP contribution is 2.31. The van der Waals surface area contributed by atoms with Crippen LogP contribution in [0.2, 0.25) is 5.02 Å². The average molecular weight is 384 g/mol. The normalized spacial score (nSPS) is 16.7. The first kappa shape index (κ1) is 17.5. The number of likely N-dealkylation sites (tertiary alicyclic amines) is 1. The Morgan fingerprint density at radius 1 is 1.26 bits per heavy atom. The van der Waals surface area contributed by atoms with Crippen LogP contribution in [0.25, 0.3) is 11.4 Å². The van der Waals surface area contributed by atoms with Crippen LogP contribution in [0.3, 0.4) is 0 Å². The molecule has 27 heavy (non-hydrogen) atoms. The van der Waals surface area contributed by atoms with Crippen molar-refractivity contribution in [3.05, 3.63) is 65.0 Å². The number of methoxy groups -OCH3 is 1. The molecular formula is C20H18ClN3O3. The maximum Gasteiger partial charge on any atom is 0.232 e. The van der Waals surface area contributed by atoms with Crippen molar-refractivity contribution in [2.75, 3.05) is 13.7 Å². The maximum atomic E-state index is 12.4. The number of rotatable bonds is 5. The van der Waals surface area contributed by atoms with E-state index in [2.05, 4.69) is 10.1 Å². The molecule has 1 aromatic heterocycles. The Kier molecular flexibility index (Phi) is 4.81. The highest BCUT2D eigenvalue weighted by molar-refractivity contribution is 6.31. The van der Waals surface area contributed by atoms with Gasteiger partial charge in [-0.3, -0.25) is 4.79 Å². The molecule has 7 heteroatoms. The second-order valence-electron chi connectivity index (χ2n) is 6.45. The van der Waals surface area contributed by atoms with E-state index in [-0.39, 0.29) is 11.8 Å². The summed E-state index contributed by atoms with van der Waals surface area (Å²) in [6, 6.07) is 15.0. The molecule has 2 heterocycles. The summed E-state index contributed by atoms with van der Waals surface area (Å²) in [5, 5.41) is 4.72. The third-order valence-electron chi connectivity index (χ3n) is 4.65. The number of nitrogens with zero attached hydrogens (tertiary/aromatic N) is 3. The first-order valence-corrected chi connectivity index (χ1v) is 9.01. The van der Waals surface area contributed by atoms with Crippen molar-refractivity contribution in [1.82, 2.24) is 15.0 Å². The van der Waals surface area contributed by atoms with E-state index in [0.29, 0.717) is 36.2 Å². The smallest absolute Gasteiger partial charge is 0.232 e. The lowest BCUT2D eigenvalue weighted by Crippen LogP contribution is -2.24. The lowest BCUT2D eigenvalue weighted by Gasteiger charge is -2.16. The highest BCUT2D eigenvalue weighted by atomic mass is 35.5. The van der Waals surface area contributed by atoms with Gasteiger partial charge in [0.15, 0.2) is 0 Å². The maximum absolute atomic E-state index is 12.4. The van der Waals surface area contributed by atoms with E-state index in [1.165, 1.54) is 0 Å². The van der Waals surface area contributed by atoms with Crippen LogP contribution in [0.4, 0.5) is 0 Å². The monoisotopic (exact) mass is 383 g/mol. The van der Waals surface area contributed by atoms with Gasteiger partial charge in [-0.1, -0.05) is 47.1 Å². The summed E-state index contributed by atoms with van der Waals surface area (Å²) in [4.78, 5) is 18.7. The number of hydrogen-bond acceptors (Lipinski definition) is 5. The van der Waals surface area contributed by atoms with Crippen LogP contribution >= 0.6 is 11.6 Å². The van der Waals surface area contributed by atoms with E-state index < -0.39 is 0 Å². The minimum absolute atomic E-state index is 0.0565. The number of carbonyl (C=O) groups excluding carboxylic acids is 1. The molecular weight excluding hydrogens is 366 g/mol. The van der Waals surface area contributed by atoms with Crippen molar-refractivity contribution in [3.8, 4) is 17.1 Å². The molecule has 0 aliphatic carbocycles. The van der Waals surface area contributed by atoms with E-state index >= 15 is 0 Å². The third-order valence-corrected chi connectivity index (χ3v) is 5.02. The summed E-state index contributed by atoms with van der Waals surface area (Å²) in [5.41, 5.74) is 1.73. The van der Waals surface area contributed by atoms with Crippen molar-refractivity contribution in [3.63, 3.8) is 0 Å². The van der Waals surface area contributed by atoms with E-state index in [1.807, 2.05) is 48.5 Å². The van der Waals surface area contributed by atoms with Crippen LogP contribution in [0.15, 0.2) is 53.1 Å². The van der Waals surface area contributed by atoms with Gasteiger partial charge in [-0.15, -0.1) is 0 Å². The zero-order chi connectivity index (χ0) is 18.8. The first-order valence-electron chi connectivity index (χ1n) is 8.63. The van der Waals surface area contributed by atoms with Gasteiger partial charge in [0, 0.05) is 30.1 Å². The number of hydrogen-bond donors (Lipinski definition) is 0. The largest absolute Gasteiger partial charge is 0.497 e. The van der Waals surface area contributed by atoms with Crippen LogP contribution in [0, 0.1) is 0 Å². The highest BCUT2D eigenvalue weighted by Gasteiger charge is 2.34. The number of amides is 1. The number of carbonyl (C=O) groups is 1. The van der Waals surface area contributed by atoms with Gasteiger partial charge in [-0.25, -0.2) is 0 Å². The zero-order valence-corrected chi connectivity index (χ0v) is 15.5. The Morgan fingerprint density at radius 3 is 2.93 bits per heavy atom. The van der Waals surface area contributed by atoms with Gasteiger partial charge in [0.2, 0.25) is 17.6 Å². The molecule has 4 rings (SSSR count). The summed E-state index contributed by atoms with van der Waals surface area (Å²) in [5.74, 6) is 1.62. The molecule has 0 radical (unpaired) electrons. The van der Waals surface area contributed by atoms with Gasteiger partial charge >= 0.3 is 0 Å². The fourth-order valence-electron chi connectivity index (χ4n) is 3.20. The topological polar surface area (TPSA) is 68.5 Å². The molecule has 1 aliphatic rings. The Bertz CT molecular complexity index is 972. The summed E-state index contributed by atoms with van der Waals surface area (Å²) in [6.07, 6.45) is 0.351. The van der Waals surface area contributed by atoms with Gasteiger partial charge in [-0.2, -0.15) is 4.98 Å². The predicted octanol–water partition coefficient (Wildman–Crippen LogP) is 3.91. The van der Waals surface area contributed by atoms with Crippen molar-refractivity contribution in [2.45, 2.75) is 18.9 Å². The number of aromatic nitrogens is 2. The average Bonchev–Trinajstić information content (AvgIpc) is 3.31. The Hall–Kier alpha value is -2.86. The van der Waals surface area contributed by atoms with E-state index in [1.54, 1.807) is 12.0 Å². The minimum Gasteiger partial charge on any atom is -0.497 e. The lowest BCUT2D eigenvalue weighted by atomic mass is 10.1. The minimum atomic E-state index is -0.119. The standard InChI is InChI=1S/C20H18ClN3O3/c1-26-16-7-4-6-13(9-16)19-22-20(27-23-19)15-10-18(25)24(12-15)11-14-5-2-3-8-17(14)21/h2-9,15H,10-12H2,1H3. The van der Waals surface area contributed by atoms with Crippen molar-refractivity contribution >= 4 is 17.5 Å². The second kappa shape index (κ2) is 7.40. The molecule has 1 aliphatic heterocycles. The molecule has 2 aromatic carbocycles. The van der Waals surface area contributed by atoms with Crippen molar-refractivity contribution in [2.24, 2.45) is 0 Å². The Balaban J connectivity index is 1.49. The first-order chi connectivity index (χ1) is 13.1. The van der Waals surface area contributed by atoms with Crippen LogP contribution in [-0.4, -0.2) is 34.6 Å². The van der Waals surface area contributed by atoms with E-state index in [0.717, 1.165) is 16.9 Å². The van der Waals surface area contributed by atoms with Gasteiger partial charge in [0.05, 0.1) is 13.0 Å². The summed E-state index contributed by atoms with van der Waals surface area (Å²) >= 11 is 6.21. The Morgan fingerprint density at radius 2 is 2.11 bits per heavy atom. The molecule has 6 nitrogen and oxygen atoms in total. The molecule has 1 amide bonds. The Labute approximate surface area is 161 Å². The summed E-state index contributed by atoms with van der Waals surface area (Å²) in [6.45, 7) is 1.01. The van der Waals surface area contributed by atoms with E-state index in [4.69, 9.17) is 20.9 Å². The number of halogens is 1. The van der Waals surface area contributed by atoms with Gasteiger partial charge in [-0.05, 0) is 23.8 Å². The molecule has 3 aromatic rings. The van der Waals surface area contributed by atoms with Gasteiger partial charge < -0.3 is 14.2 Å². The molecule has 1 atom stereocenters. The van der Waals surface area contributed by atoms with Gasteiger partial charge in [0.1, 0.15) is 5.75 Å². The van der Waals surface area contributed by atoms with Crippen molar-refractivity contribution < 1.29 is 14.1 Å². The molecule has 1 fully saturated rings. The van der Waals surface area contributed by atoms with Crippen molar-refractivity contribution in [1.29, 1.82) is 0 Å². The van der Waals surface area contributed by atoms with Gasteiger partial charge in [0.25, 0.3) is 0 Å².